The van der Waals surface area contributed by atoms with Crippen molar-refractivity contribution in [3.63, 3.8) is 0 Å². The van der Waals surface area contributed by atoms with Crippen LogP contribution in [0, 0.1) is 0 Å². The fourth-order valence-electron chi connectivity index (χ4n) is 2.67. The van der Waals surface area contributed by atoms with Crippen LogP contribution in [0.5, 0.6) is 5.75 Å². The van der Waals surface area contributed by atoms with Gasteiger partial charge in [0.05, 0.1) is 12.7 Å². The lowest BCUT2D eigenvalue weighted by Crippen LogP contribution is -1.91. The highest BCUT2D eigenvalue weighted by molar-refractivity contribution is 5.67. The van der Waals surface area contributed by atoms with Crippen molar-refractivity contribution in [1.82, 2.24) is 0 Å². The molecule has 3 rings (SSSR count). The zero-order valence-corrected chi connectivity index (χ0v) is 10.5. The Labute approximate surface area is 111 Å². The Kier molecular flexibility index (Phi) is 3.01. The highest BCUT2D eigenvalue weighted by atomic mass is 16.3. The van der Waals surface area contributed by atoms with Crippen molar-refractivity contribution in [3.05, 3.63) is 53.1 Å². The largest absolute Gasteiger partial charge is 0.508 e. The molecule has 0 fully saturated rings. The molecule has 3 N–H and O–H groups in total. The summed E-state index contributed by atoms with van der Waals surface area (Å²) in [6.45, 7) is -0.177. The Hall–Kier alpha value is -1.84. The average Bonchev–Trinajstić information content (AvgIpc) is 2.80. The van der Waals surface area contributed by atoms with Gasteiger partial charge in [0, 0.05) is 5.56 Å². The maximum atomic E-state index is 9.80. The first-order valence-corrected chi connectivity index (χ1v) is 6.43. The van der Waals surface area contributed by atoms with Gasteiger partial charge in [-0.2, -0.15) is 0 Å². The lowest BCUT2D eigenvalue weighted by molar-refractivity contribution is 0.180. The zero-order chi connectivity index (χ0) is 13.4. The van der Waals surface area contributed by atoms with E-state index in [1.165, 1.54) is 5.56 Å². The molecule has 1 atom stereocenters. The van der Waals surface area contributed by atoms with Crippen molar-refractivity contribution >= 4 is 0 Å². The SMILES string of the molecule is OCc1cc(-c2ccc3c(c2)CC[C@@H]3O)ccc1O. The van der Waals surface area contributed by atoms with Crippen LogP contribution in [0.1, 0.15) is 29.2 Å². The van der Waals surface area contributed by atoms with Gasteiger partial charge in [0.2, 0.25) is 0 Å². The number of benzene rings is 2. The van der Waals surface area contributed by atoms with Crippen LogP contribution in [0.25, 0.3) is 11.1 Å². The first kappa shape index (κ1) is 12.2. The van der Waals surface area contributed by atoms with Gasteiger partial charge in [0.15, 0.2) is 0 Å². The van der Waals surface area contributed by atoms with Gasteiger partial charge in [-0.15, -0.1) is 0 Å². The number of hydrogen-bond acceptors (Lipinski definition) is 3. The molecule has 0 amide bonds. The average molecular weight is 256 g/mol. The van der Waals surface area contributed by atoms with Gasteiger partial charge in [0.1, 0.15) is 5.75 Å². The molecule has 2 aromatic rings. The quantitative estimate of drug-likeness (QED) is 0.773. The molecule has 19 heavy (non-hydrogen) atoms. The molecule has 2 aromatic carbocycles. The van der Waals surface area contributed by atoms with Gasteiger partial charge in [-0.3, -0.25) is 0 Å². The monoisotopic (exact) mass is 256 g/mol. The Morgan fingerprint density at radius 3 is 2.58 bits per heavy atom. The first-order valence-electron chi connectivity index (χ1n) is 6.43. The predicted octanol–water partition coefficient (Wildman–Crippen LogP) is 2.53. The molecule has 0 unspecified atom stereocenters. The second kappa shape index (κ2) is 4.68. The van der Waals surface area contributed by atoms with Crippen LogP contribution < -0.4 is 0 Å². The second-order valence-electron chi connectivity index (χ2n) is 4.97. The fraction of sp³-hybridized carbons (Fsp3) is 0.250. The molecule has 1 aliphatic carbocycles. The maximum absolute atomic E-state index is 9.80. The zero-order valence-electron chi connectivity index (χ0n) is 10.5. The van der Waals surface area contributed by atoms with E-state index < -0.39 is 0 Å². The molecule has 0 bridgehead atoms. The van der Waals surface area contributed by atoms with Crippen LogP contribution in [-0.2, 0) is 13.0 Å². The summed E-state index contributed by atoms with van der Waals surface area (Å²) >= 11 is 0. The molecule has 3 heteroatoms. The van der Waals surface area contributed by atoms with Crippen LogP contribution in [0.4, 0.5) is 0 Å². The van der Waals surface area contributed by atoms with Crippen LogP contribution in [0.2, 0.25) is 0 Å². The summed E-state index contributed by atoms with van der Waals surface area (Å²) in [5.74, 6) is 0.114. The maximum Gasteiger partial charge on any atom is 0.121 e. The van der Waals surface area contributed by atoms with E-state index in [0.29, 0.717) is 5.56 Å². The van der Waals surface area contributed by atoms with Gasteiger partial charge < -0.3 is 15.3 Å². The third-order valence-corrected chi connectivity index (χ3v) is 3.77. The molecule has 3 nitrogen and oxygen atoms in total. The summed E-state index contributed by atoms with van der Waals surface area (Å²) in [6, 6.07) is 11.3. The molecule has 0 heterocycles. The van der Waals surface area contributed by atoms with Gasteiger partial charge in [-0.25, -0.2) is 0 Å². The Balaban J connectivity index is 2.03. The lowest BCUT2D eigenvalue weighted by atomic mass is 9.98. The molecule has 0 saturated carbocycles. The Morgan fingerprint density at radius 2 is 1.79 bits per heavy atom. The highest BCUT2D eigenvalue weighted by Gasteiger charge is 2.20. The summed E-state index contributed by atoms with van der Waals surface area (Å²) in [5, 5.41) is 28.6. The number of rotatable bonds is 2. The van der Waals surface area contributed by atoms with Gasteiger partial charge >= 0.3 is 0 Å². The lowest BCUT2D eigenvalue weighted by Gasteiger charge is -2.09. The number of fused-ring (bicyclic) bond motifs is 1. The van der Waals surface area contributed by atoms with Crippen LogP contribution in [-0.4, -0.2) is 15.3 Å². The van der Waals surface area contributed by atoms with Crippen molar-refractivity contribution in [3.8, 4) is 16.9 Å². The standard InChI is InChI=1S/C16H16O3/c17-9-13-8-11(2-5-15(13)18)10-1-4-14-12(7-10)3-6-16(14)19/h1-2,4-5,7-8,16-19H,3,6,9H2/t16-/m0/s1. The predicted molar refractivity (Wildman–Crippen MR) is 72.7 cm³/mol. The van der Waals surface area contributed by atoms with E-state index in [1.54, 1.807) is 12.1 Å². The summed E-state index contributed by atoms with van der Waals surface area (Å²) in [6.07, 6.45) is 1.35. The number of aliphatic hydroxyl groups is 2. The molecular weight excluding hydrogens is 240 g/mol. The van der Waals surface area contributed by atoms with Crippen LogP contribution in [0.3, 0.4) is 0 Å². The minimum atomic E-state index is -0.336. The number of aromatic hydroxyl groups is 1. The minimum Gasteiger partial charge on any atom is -0.508 e. The Morgan fingerprint density at radius 1 is 1.05 bits per heavy atom. The molecule has 1 aliphatic rings. The topological polar surface area (TPSA) is 60.7 Å². The Bertz CT molecular complexity index is 619. The van der Waals surface area contributed by atoms with Crippen LogP contribution in [0.15, 0.2) is 36.4 Å². The molecule has 0 radical (unpaired) electrons. The smallest absolute Gasteiger partial charge is 0.121 e. The van der Waals surface area contributed by atoms with Crippen molar-refractivity contribution in [2.24, 2.45) is 0 Å². The van der Waals surface area contributed by atoms with Gasteiger partial charge in [-0.1, -0.05) is 24.3 Å². The van der Waals surface area contributed by atoms with E-state index >= 15 is 0 Å². The number of aliphatic hydroxyl groups excluding tert-OH is 2. The van der Waals surface area contributed by atoms with Crippen molar-refractivity contribution in [2.45, 2.75) is 25.6 Å². The fourth-order valence-corrected chi connectivity index (χ4v) is 2.67. The normalized spacial score (nSPS) is 17.5. The third kappa shape index (κ3) is 2.11. The third-order valence-electron chi connectivity index (χ3n) is 3.77. The van der Waals surface area contributed by atoms with Gasteiger partial charge in [-0.05, 0) is 47.2 Å². The molecule has 0 aromatic heterocycles. The first-order chi connectivity index (χ1) is 9.19. The molecule has 98 valence electrons. The molecule has 0 spiro atoms. The summed E-state index contributed by atoms with van der Waals surface area (Å²) in [5.41, 5.74) is 4.74. The number of aryl methyl sites for hydroxylation is 1. The van der Waals surface area contributed by atoms with Crippen LogP contribution >= 0.6 is 0 Å². The van der Waals surface area contributed by atoms with E-state index in [1.807, 2.05) is 18.2 Å². The molecule has 0 saturated heterocycles. The van der Waals surface area contributed by atoms with Crippen molar-refractivity contribution < 1.29 is 15.3 Å². The number of phenols is 1. The van der Waals surface area contributed by atoms with Crippen molar-refractivity contribution in [1.29, 1.82) is 0 Å². The molecule has 0 aliphatic heterocycles. The second-order valence-corrected chi connectivity index (χ2v) is 4.97. The van der Waals surface area contributed by atoms with E-state index in [-0.39, 0.29) is 18.5 Å². The number of hydrogen-bond donors (Lipinski definition) is 3. The molecular formula is C16H16O3. The van der Waals surface area contributed by atoms with E-state index in [9.17, 15) is 15.3 Å². The van der Waals surface area contributed by atoms with Gasteiger partial charge in [0.25, 0.3) is 0 Å². The van der Waals surface area contributed by atoms with Crippen molar-refractivity contribution in [2.75, 3.05) is 0 Å². The van der Waals surface area contributed by atoms with E-state index in [0.717, 1.165) is 29.5 Å². The highest BCUT2D eigenvalue weighted by Crippen LogP contribution is 2.34. The van der Waals surface area contributed by atoms with E-state index in [2.05, 4.69) is 6.07 Å². The minimum absolute atomic E-state index is 0.114. The summed E-state index contributed by atoms with van der Waals surface area (Å²) < 4.78 is 0. The van der Waals surface area contributed by atoms with E-state index in [4.69, 9.17) is 0 Å². The summed E-state index contributed by atoms with van der Waals surface area (Å²) in [4.78, 5) is 0. The summed E-state index contributed by atoms with van der Waals surface area (Å²) in [7, 11) is 0.